The number of nitrogens with zero attached hydrogens (tertiary/aromatic N) is 2. The lowest BCUT2D eigenvalue weighted by Crippen LogP contribution is -2.42. The quantitative estimate of drug-likeness (QED) is 0.925. The maximum Gasteiger partial charge on any atom is 0.229 e. The number of rotatable bonds is 4. The number of ether oxygens (including phenoxy) is 1. The third-order valence-corrected chi connectivity index (χ3v) is 4.58. The van der Waals surface area contributed by atoms with Crippen molar-refractivity contribution < 1.29 is 9.53 Å². The molecule has 5 heteroatoms. The minimum absolute atomic E-state index is 0.0687. The van der Waals surface area contributed by atoms with Gasteiger partial charge in [0.05, 0.1) is 12.5 Å². The van der Waals surface area contributed by atoms with Gasteiger partial charge in [0.25, 0.3) is 0 Å². The molecule has 3 heterocycles. The third-order valence-electron chi connectivity index (χ3n) is 4.58. The van der Waals surface area contributed by atoms with Gasteiger partial charge in [-0.15, -0.1) is 0 Å². The molecule has 22 heavy (non-hydrogen) atoms. The van der Waals surface area contributed by atoms with Gasteiger partial charge in [-0.25, -0.2) is 4.98 Å². The Morgan fingerprint density at radius 1 is 1.45 bits per heavy atom. The summed E-state index contributed by atoms with van der Waals surface area (Å²) in [5.41, 5.74) is 1.10. The van der Waals surface area contributed by atoms with Gasteiger partial charge in [0, 0.05) is 25.9 Å². The lowest BCUT2D eigenvalue weighted by molar-refractivity contribution is -0.121. The summed E-state index contributed by atoms with van der Waals surface area (Å²) >= 11 is 0. The molecule has 0 saturated carbocycles. The molecule has 3 rings (SSSR count). The van der Waals surface area contributed by atoms with E-state index in [0.29, 0.717) is 11.7 Å². The second-order valence-corrected chi connectivity index (χ2v) is 6.54. The number of aromatic nitrogens is 1. The highest BCUT2D eigenvalue weighted by Crippen LogP contribution is 2.21. The number of carbonyl (C=O) groups is 1. The summed E-state index contributed by atoms with van der Waals surface area (Å²) in [7, 11) is 0. The van der Waals surface area contributed by atoms with Crippen LogP contribution < -0.4 is 5.32 Å². The fourth-order valence-corrected chi connectivity index (χ4v) is 3.30. The van der Waals surface area contributed by atoms with E-state index in [1.807, 2.05) is 19.1 Å². The van der Waals surface area contributed by atoms with Crippen molar-refractivity contribution in [2.45, 2.75) is 26.2 Å². The fourth-order valence-electron chi connectivity index (χ4n) is 3.30. The van der Waals surface area contributed by atoms with Crippen LogP contribution in [-0.2, 0) is 9.53 Å². The van der Waals surface area contributed by atoms with Crippen LogP contribution >= 0.6 is 0 Å². The average Bonchev–Trinajstić information content (AvgIpc) is 3.03. The zero-order valence-electron chi connectivity index (χ0n) is 13.3. The van der Waals surface area contributed by atoms with Crippen molar-refractivity contribution in [1.29, 1.82) is 0 Å². The average molecular weight is 303 g/mol. The smallest absolute Gasteiger partial charge is 0.229 e. The summed E-state index contributed by atoms with van der Waals surface area (Å²) in [6.45, 7) is 6.77. The maximum absolute atomic E-state index is 12.4. The van der Waals surface area contributed by atoms with E-state index in [9.17, 15) is 4.79 Å². The first-order valence-electron chi connectivity index (χ1n) is 8.24. The van der Waals surface area contributed by atoms with Crippen LogP contribution in [0.15, 0.2) is 18.3 Å². The van der Waals surface area contributed by atoms with Gasteiger partial charge in [0.2, 0.25) is 5.91 Å². The molecule has 1 N–H and O–H groups in total. The third kappa shape index (κ3) is 4.05. The molecule has 2 aliphatic heterocycles. The Balaban J connectivity index is 1.52. The predicted octanol–water partition coefficient (Wildman–Crippen LogP) is 2.08. The second-order valence-electron chi connectivity index (χ2n) is 6.54. The van der Waals surface area contributed by atoms with Crippen LogP contribution in [0.3, 0.4) is 0 Å². The predicted molar refractivity (Wildman–Crippen MR) is 85.7 cm³/mol. The Labute approximate surface area is 132 Å². The van der Waals surface area contributed by atoms with E-state index in [2.05, 4.69) is 15.2 Å². The molecule has 0 spiro atoms. The van der Waals surface area contributed by atoms with Gasteiger partial charge in [-0.2, -0.15) is 0 Å². The second kappa shape index (κ2) is 7.20. The maximum atomic E-state index is 12.4. The Bertz CT molecular complexity index is 497. The van der Waals surface area contributed by atoms with Crippen LogP contribution in [0.25, 0.3) is 0 Å². The van der Waals surface area contributed by atoms with Crippen LogP contribution in [0.2, 0.25) is 0 Å². The summed E-state index contributed by atoms with van der Waals surface area (Å²) < 4.78 is 5.45. The number of likely N-dealkylation sites (tertiary alicyclic amines) is 1. The molecular weight excluding hydrogens is 278 g/mol. The summed E-state index contributed by atoms with van der Waals surface area (Å²) in [4.78, 5) is 19.1. The topological polar surface area (TPSA) is 54.5 Å². The van der Waals surface area contributed by atoms with E-state index in [1.165, 1.54) is 0 Å². The van der Waals surface area contributed by atoms with E-state index in [-0.39, 0.29) is 11.8 Å². The van der Waals surface area contributed by atoms with Crippen LogP contribution in [0.1, 0.15) is 24.8 Å². The molecule has 1 amide bonds. The summed E-state index contributed by atoms with van der Waals surface area (Å²) in [5, 5.41) is 2.95. The first kappa shape index (κ1) is 15.4. The number of piperidine rings is 1. The molecule has 1 aromatic heterocycles. The van der Waals surface area contributed by atoms with Crippen molar-refractivity contribution in [3.63, 3.8) is 0 Å². The highest BCUT2D eigenvalue weighted by atomic mass is 16.5. The van der Waals surface area contributed by atoms with Crippen molar-refractivity contribution >= 4 is 11.7 Å². The number of nitrogens with one attached hydrogen (secondary N) is 1. The molecule has 0 bridgehead atoms. The van der Waals surface area contributed by atoms with E-state index >= 15 is 0 Å². The Kier molecular flexibility index (Phi) is 5.05. The van der Waals surface area contributed by atoms with Crippen LogP contribution in [0, 0.1) is 18.8 Å². The number of amides is 1. The normalized spacial score (nSPS) is 26.0. The van der Waals surface area contributed by atoms with Crippen molar-refractivity contribution in [3.05, 3.63) is 23.9 Å². The van der Waals surface area contributed by atoms with Gasteiger partial charge in [-0.1, -0.05) is 6.07 Å². The molecule has 2 aliphatic rings. The number of hydrogen-bond donors (Lipinski definition) is 1. The molecule has 0 aliphatic carbocycles. The summed E-state index contributed by atoms with van der Waals surface area (Å²) in [5.74, 6) is 1.46. The fraction of sp³-hybridized carbons (Fsp3) is 0.647. The van der Waals surface area contributed by atoms with Crippen molar-refractivity contribution in [1.82, 2.24) is 9.88 Å². The zero-order valence-corrected chi connectivity index (χ0v) is 13.3. The van der Waals surface area contributed by atoms with Crippen LogP contribution in [0.4, 0.5) is 5.82 Å². The molecule has 5 nitrogen and oxygen atoms in total. The Morgan fingerprint density at radius 3 is 3.09 bits per heavy atom. The van der Waals surface area contributed by atoms with Gasteiger partial charge in [0.15, 0.2) is 0 Å². The molecule has 1 aromatic rings. The van der Waals surface area contributed by atoms with E-state index in [0.717, 1.165) is 57.7 Å². The number of pyridine rings is 1. The standard InChI is InChI=1S/C17H25N3O2/c1-13-4-5-16(18-9-13)19-17(21)15-3-2-7-20(11-15)10-14-6-8-22-12-14/h4-5,9,14-15H,2-3,6-8,10-12H2,1H3,(H,18,19,21)/t14-,15+/m1/s1. The number of anilines is 1. The van der Waals surface area contributed by atoms with Gasteiger partial charge < -0.3 is 15.0 Å². The van der Waals surface area contributed by atoms with Crippen molar-refractivity contribution in [2.75, 3.05) is 38.2 Å². The lowest BCUT2D eigenvalue weighted by Gasteiger charge is -2.33. The zero-order chi connectivity index (χ0) is 15.4. The molecule has 0 unspecified atom stereocenters. The largest absolute Gasteiger partial charge is 0.381 e. The Morgan fingerprint density at radius 2 is 2.36 bits per heavy atom. The number of carbonyl (C=O) groups excluding carboxylic acids is 1. The van der Waals surface area contributed by atoms with Crippen molar-refractivity contribution in [3.8, 4) is 0 Å². The molecule has 2 saturated heterocycles. The first-order chi connectivity index (χ1) is 10.7. The van der Waals surface area contributed by atoms with Crippen LogP contribution in [0.5, 0.6) is 0 Å². The first-order valence-corrected chi connectivity index (χ1v) is 8.24. The SMILES string of the molecule is Cc1ccc(NC(=O)[C@H]2CCCN(C[C@H]3CCOC3)C2)nc1. The van der Waals surface area contributed by atoms with E-state index in [1.54, 1.807) is 6.20 Å². The van der Waals surface area contributed by atoms with Crippen molar-refractivity contribution in [2.24, 2.45) is 11.8 Å². The summed E-state index contributed by atoms with van der Waals surface area (Å²) in [6.07, 6.45) is 4.99. The van der Waals surface area contributed by atoms with Gasteiger partial charge >= 0.3 is 0 Å². The molecule has 2 atom stereocenters. The molecule has 2 fully saturated rings. The number of hydrogen-bond acceptors (Lipinski definition) is 4. The summed E-state index contributed by atoms with van der Waals surface area (Å²) in [6, 6.07) is 3.83. The molecule has 0 radical (unpaired) electrons. The number of aryl methyl sites for hydroxylation is 1. The Hall–Kier alpha value is -1.46. The minimum atomic E-state index is 0.0687. The van der Waals surface area contributed by atoms with Gasteiger partial charge in [-0.3, -0.25) is 4.79 Å². The highest BCUT2D eigenvalue weighted by molar-refractivity contribution is 5.91. The lowest BCUT2D eigenvalue weighted by atomic mass is 9.96. The minimum Gasteiger partial charge on any atom is -0.381 e. The highest BCUT2D eigenvalue weighted by Gasteiger charge is 2.28. The van der Waals surface area contributed by atoms with E-state index < -0.39 is 0 Å². The molecule has 120 valence electrons. The monoisotopic (exact) mass is 303 g/mol. The molecular formula is C17H25N3O2. The van der Waals surface area contributed by atoms with E-state index in [4.69, 9.17) is 4.74 Å². The van der Waals surface area contributed by atoms with Gasteiger partial charge in [0.1, 0.15) is 5.82 Å². The molecule has 0 aromatic carbocycles. The van der Waals surface area contributed by atoms with Crippen LogP contribution in [-0.4, -0.2) is 48.6 Å². The van der Waals surface area contributed by atoms with Gasteiger partial charge in [-0.05, 0) is 50.3 Å².